The Kier molecular flexibility index (Phi) is 3.07. The van der Waals surface area contributed by atoms with E-state index in [9.17, 15) is 0 Å². The van der Waals surface area contributed by atoms with Crippen LogP contribution in [0.1, 0.15) is 43.6 Å². The van der Waals surface area contributed by atoms with Crippen LogP contribution in [0.3, 0.4) is 0 Å². The van der Waals surface area contributed by atoms with Crippen LogP contribution in [0.2, 0.25) is 0 Å². The summed E-state index contributed by atoms with van der Waals surface area (Å²) in [4.78, 5) is 0. The van der Waals surface area contributed by atoms with E-state index in [4.69, 9.17) is 4.74 Å². The van der Waals surface area contributed by atoms with Gasteiger partial charge in [-0.3, -0.25) is 0 Å². The maximum absolute atomic E-state index is 5.00. The third-order valence-electron chi connectivity index (χ3n) is 3.10. The highest BCUT2D eigenvalue weighted by molar-refractivity contribution is 5.31. The van der Waals surface area contributed by atoms with E-state index in [1.807, 2.05) is 6.07 Å². The summed E-state index contributed by atoms with van der Waals surface area (Å²) in [5, 5.41) is 0. The first-order valence-corrected chi connectivity index (χ1v) is 5.42. The lowest BCUT2D eigenvalue weighted by atomic mass is 9.84. The van der Waals surface area contributed by atoms with Crippen LogP contribution in [0.15, 0.2) is 24.3 Å². The zero-order valence-corrected chi connectivity index (χ0v) is 8.54. The summed E-state index contributed by atoms with van der Waals surface area (Å²) in [5.74, 6) is 1.63. The molecule has 0 unspecified atom stereocenters. The molecule has 0 atom stereocenters. The second-order valence-electron chi connectivity index (χ2n) is 4.05. The summed E-state index contributed by atoms with van der Waals surface area (Å²) in [6, 6.07) is 8.35. The van der Waals surface area contributed by atoms with E-state index < -0.39 is 0 Å². The lowest BCUT2D eigenvalue weighted by Crippen LogP contribution is -2.04. The van der Waals surface area contributed by atoms with Crippen LogP contribution in [0.25, 0.3) is 0 Å². The maximum atomic E-state index is 5.00. The Morgan fingerprint density at radius 1 is 1.14 bits per heavy atom. The highest BCUT2D eigenvalue weighted by atomic mass is 16.5. The molecule has 0 aliphatic heterocycles. The molecule has 0 saturated heterocycles. The number of hydrogen-bond acceptors (Lipinski definition) is 1. The van der Waals surface area contributed by atoms with Gasteiger partial charge in [0, 0.05) is 0 Å². The fourth-order valence-corrected chi connectivity index (χ4v) is 2.29. The molecule has 0 aromatic heterocycles. The monoisotopic (exact) mass is 189 g/mol. The van der Waals surface area contributed by atoms with Crippen LogP contribution in [0.4, 0.5) is 0 Å². The molecule has 14 heavy (non-hydrogen) atoms. The Bertz CT molecular complexity index is 287. The van der Waals surface area contributed by atoms with Gasteiger partial charge in [-0.15, -0.1) is 0 Å². The molecule has 1 aliphatic rings. The predicted molar refractivity (Wildman–Crippen MR) is 58.3 cm³/mol. The third-order valence-corrected chi connectivity index (χ3v) is 3.10. The zero-order valence-electron chi connectivity index (χ0n) is 8.54. The lowest BCUT2D eigenvalue weighted by Gasteiger charge is -2.22. The van der Waals surface area contributed by atoms with Crippen molar-refractivity contribution in [2.75, 3.05) is 0 Å². The topological polar surface area (TPSA) is 9.23 Å². The Morgan fingerprint density at radius 3 is 2.64 bits per heavy atom. The summed E-state index contributed by atoms with van der Waals surface area (Å²) in [6.45, 7) is 0. The van der Waals surface area contributed by atoms with Crippen molar-refractivity contribution in [2.24, 2.45) is 0 Å². The Balaban J connectivity index is 2.13. The highest BCUT2D eigenvalue weighted by Gasteiger charge is 2.15. The van der Waals surface area contributed by atoms with Gasteiger partial charge in [0.1, 0.15) is 12.9 Å². The normalized spacial score (nSPS) is 18.1. The molecule has 1 aliphatic carbocycles. The van der Waals surface area contributed by atoms with Gasteiger partial charge in [0.05, 0.1) is 0 Å². The van der Waals surface area contributed by atoms with Gasteiger partial charge < -0.3 is 4.74 Å². The summed E-state index contributed by atoms with van der Waals surface area (Å²) in [7, 11) is 3.44. The van der Waals surface area contributed by atoms with Crippen LogP contribution < -0.4 is 4.74 Å². The maximum Gasteiger partial charge on any atom is 0.122 e. The number of benzene rings is 1. The largest absolute Gasteiger partial charge is 0.490 e. The van der Waals surface area contributed by atoms with E-state index >= 15 is 0 Å². The van der Waals surface area contributed by atoms with Crippen molar-refractivity contribution in [1.82, 2.24) is 0 Å². The predicted octanol–water partition coefficient (Wildman–Crippen LogP) is 3.90. The summed E-state index contributed by atoms with van der Waals surface area (Å²) in [5.41, 5.74) is 1.42. The minimum absolute atomic E-state index is 0.749. The molecule has 1 saturated carbocycles. The van der Waals surface area contributed by atoms with Crippen molar-refractivity contribution in [2.45, 2.75) is 38.0 Å². The zero-order chi connectivity index (χ0) is 9.80. The van der Waals surface area contributed by atoms with E-state index in [0.29, 0.717) is 0 Å². The van der Waals surface area contributed by atoms with Gasteiger partial charge in [-0.1, -0.05) is 31.4 Å². The molecule has 1 aromatic rings. The van der Waals surface area contributed by atoms with Crippen molar-refractivity contribution in [1.29, 1.82) is 0 Å². The van der Waals surface area contributed by atoms with Crippen LogP contribution in [-0.4, -0.2) is 0 Å². The van der Waals surface area contributed by atoms with Gasteiger partial charge in [-0.2, -0.15) is 0 Å². The van der Waals surface area contributed by atoms with E-state index in [0.717, 1.165) is 11.7 Å². The molecular formula is C13H17O. The van der Waals surface area contributed by atoms with Gasteiger partial charge >= 0.3 is 0 Å². The third kappa shape index (κ3) is 2.09. The molecule has 75 valence electrons. The molecule has 0 N–H and O–H groups in total. The first-order chi connectivity index (χ1) is 6.90. The molecule has 0 spiro atoms. The summed E-state index contributed by atoms with van der Waals surface area (Å²) >= 11 is 0. The van der Waals surface area contributed by atoms with Crippen LogP contribution in [0.5, 0.6) is 5.75 Å². The SMILES string of the molecule is [CH2]Oc1cccc(C2CCCCC2)c1. The van der Waals surface area contributed by atoms with Crippen molar-refractivity contribution in [3.63, 3.8) is 0 Å². The van der Waals surface area contributed by atoms with Crippen molar-refractivity contribution < 1.29 is 4.74 Å². The molecule has 1 fully saturated rings. The van der Waals surface area contributed by atoms with Gasteiger partial charge in [-0.25, -0.2) is 0 Å². The second-order valence-corrected chi connectivity index (χ2v) is 4.05. The van der Waals surface area contributed by atoms with E-state index in [1.165, 1.54) is 37.7 Å². The second kappa shape index (κ2) is 4.50. The first-order valence-electron chi connectivity index (χ1n) is 5.42. The number of ether oxygens (including phenoxy) is 1. The fourth-order valence-electron chi connectivity index (χ4n) is 2.29. The van der Waals surface area contributed by atoms with Crippen LogP contribution in [0, 0.1) is 7.11 Å². The Hall–Kier alpha value is -0.980. The van der Waals surface area contributed by atoms with Gasteiger partial charge in [-0.05, 0) is 36.5 Å². The number of rotatable bonds is 2. The van der Waals surface area contributed by atoms with E-state index in [-0.39, 0.29) is 0 Å². The fraction of sp³-hybridized carbons (Fsp3) is 0.462. The van der Waals surface area contributed by atoms with Crippen LogP contribution in [-0.2, 0) is 0 Å². The first kappa shape index (κ1) is 9.57. The average molecular weight is 189 g/mol. The molecule has 1 radical (unpaired) electrons. The van der Waals surface area contributed by atoms with E-state index in [1.54, 1.807) is 0 Å². The van der Waals surface area contributed by atoms with Gasteiger partial charge in [0.15, 0.2) is 0 Å². The minimum atomic E-state index is 0.749. The molecule has 1 nitrogen and oxygen atoms in total. The lowest BCUT2D eigenvalue weighted by molar-refractivity contribution is 0.438. The summed E-state index contributed by atoms with van der Waals surface area (Å²) in [6.07, 6.45) is 6.82. The summed E-state index contributed by atoms with van der Waals surface area (Å²) < 4.78 is 5.00. The molecule has 0 amide bonds. The Labute approximate surface area is 86.1 Å². The average Bonchev–Trinajstić information content (AvgIpc) is 2.30. The quantitative estimate of drug-likeness (QED) is 0.685. The molecule has 1 aromatic carbocycles. The highest BCUT2D eigenvalue weighted by Crippen LogP contribution is 2.33. The molecular weight excluding hydrogens is 172 g/mol. The molecule has 0 bridgehead atoms. The van der Waals surface area contributed by atoms with Gasteiger partial charge in [0.2, 0.25) is 0 Å². The smallest absolute Gasteiger partial charge is 0.122 e. The molecule has 0 heterocycles. The van der Waals surface area contributed by atoms with Crippen LogP contribution >= 0.6 is 0 Å². The molecule has 2 rings (SSSR count). The number of hydrogen-bond donors (Lipinski definition) is 0. The standard InChI is InChI=1S/C13H17O/c1-14-13-9-5-8-12(10-13)11-6-3-2-4-7-11/h5,8-11H,1-4,6-7H2. The molecule has 1 heteroatoms. The van der Waals surface area contributed by atoms with E-state index in [2.05, 4.69) is 25.3 Å². The van der Waals surface area contributed by atoms with Crippen molar-refractivity contribution >= 4 is 0 Å². The van der Waals surface area contributed by atoms with Crippen molar-refractivity contribution in [3.05, 3.63) is 36.9 Å². The van der Waals surface area contributed by atoms with Gasteiger partial charge in [0.25, 0.3) is 0 Å². The van der Waals surface area contributed by atoms with Crippen molar-refractivity contribution in [3.8, 4) is 5.75 Å². The Morgan fingerprint density at radius 2 is 1.93 bits per heavy atom. The minimum Gasteiger partial charge on any atom is -0.490 e.